The normalized spacial score (nSPS) is 23.2. The highest BCUT2D eigenvalue weighted by Crippen LogP contribution is 2.38. The minimum atomic E-state index is -1.61. The largest absolute Gasteiger partial charge is 0.462 e. The number of nitriles is 1. The predicted octanol–water partition coefficient (Wildman–Crippen LogP) is 4.51. The van der Waals surface area contributed by atoms with Crippen molar-refractivity contribution < 1.29 is 18.7 Å². The number of carbonyl (C=O) groups is 1. The van der Waals surface area contributed by atoms with Crippen LogP contribution >= 0.6 is 0 Å². The molecule has 226 valence electrons. The number of piperazine rings is 1. The number of anilines is 1. The van der Waals surface area contributed by atoms with Crippen LogP contribution in [-0.2, 0) is 22.6 Å². The van der Waals surface area contributed by atoms with Crippen molar-refractivity contribution in [3.8, 4) is 12.1 Å². The van der Waals surface area contributed by atoms with Crippen molar-refractivity contribution in [3.05, 3.63) is 58.8 Å². The van der Waals surface area contributed by atoms with E-state index >= 15 is 0 Å². The fraction of sp³-hybridized carbons (Fsp3) is 0.515. The van der Waals surface area contributed by atoms with Crippen LogP contribution in [0, 0.1) is 18.3 Å². The van der Waals surface area contributed by atoms with Gasteiger partial charge >= 0.3 is 6.01 Å². The van der Waals surface area contributed by atoms with E-state index in [4.69, 9.17) is 19.4 Å². The second kappa shape index (κ2) is 12.4. The van der Waals surface area contributed by atoms with Crippen LogP contribution in [0.5, 0.6) is 6.01 Å². The zero-order valence-corrected chi connectivity index (χ0v) is 25.1. The summed E-state index contributed by atoms with van der Waals surface area (Å²) in [4.78, 5) is 28.3. The van der Waals surface area contributed by atoms with Crippen molar-refractivity contribution in [2.24, 2.45) is 0 Å². The number of likely N-dealkylation sites (N-methyl/N-ethyl adjacent to an activating group) is 1. The highest BCUT2D eigenvalue weighted by atomic mass is 19.1. The lowest BCUT2D eigenvalue weighted by molar-refractivity contribution is -0.138. The van der Waals surface area contributed by atoms with Gasteiger partial charge in [-0.1, -0.05) is 36.4 Å². The molecule has 1 aromatic heterocycles. The van der Waals surface area contributed by atoms with Crippen molar-refractivity contribution in [1.29, 1.82) is 5.26 Å². The summed E-state index contributed by atoms with van der Waals surface area (Å²) >= 11 is 0. The zero-order chi connectivity index (χ0) is 30.1. The lowest BCUT2D eigenvalue weighted by atomic mass is 9.92. The summed E-state index contributed by atoms with van der Waals surface area (Å²) in [6.45, 7) is 6.38. The number of fused-ring (bicyclic) bond motifs is 2. The van der Waals surface area contributed by atoms with Crippen molar-refractivity contribution in [2.45, 2.75) is 70.5 Å². The van der Waals surface area contributed by atoms with Crippen molar-refractivity contribution >= 4 is 22.5 Å². The molecule has 3 aliphatic rings. The first-order valence-electron chi connectivity index (χ1n) is 15.2. The Labute approximate surface area is 252 Å². The number of amides is 1. The maximum absolute atomic E-state index is 14.0. The second-order valence-corrected chi connectivity index (χ2v) is 12.0. The molecule has 4 heterocycles. The van der Waals surface area contributed by atoms with E-state index in [1.807, 2.05) is 0 Å². The number of rotatable bonds is 7. The third kappa shape index (κ3) is 5.89. The van der Waals surface area contributed by atoms with Gasteiger partial charge in [0.25, 0.3) is 5.91 Å². The fourth-order valence-electron chi connectivity index (χ4n) is 6.79. The van der Waals surface area contributed by atoms with Gasteiger partial charge in [0.1, 0.15) is 12.4 Å². The number of hydrogen-bond donors (Lipinski definition) is 0. The quantitative estimate of drug-likeness (QED) is 0.399. The second-order valence-electron chi connectivity index (χ2n) is 12.0. The smallest absolute Gasteiger partial charge is 0.318 e. The lowest BCUT2D eigenvalue weighted by Gasteiger charge is -2.42. The summed E-state index contributed by atoms with van der Waals surface area (Å²) in [7, 11) is 2.11. The minimum absolute atomic E-state index is 0.110. The van der Waals surface area contributed by atoms with Gasteiger partial charge in [0.05, 0.1) is 36.9 Å². The third-order valence-corrected chi connectivity index (χ3v) is 9.16. The van der Waals surface area contributed by atoms with Gasteiger partial charge in [-0.25, -0.2) is 4.39 Å². The van der Waals surface area contributed by atoms with E-state index in [1.54, 1.807) is 0 Å². The van der Waals surface area contributed by atoms with Crippen LogP contribution in [0.25, 0.3) is 10.8 Å². The lowest BCUT2D eigenvalue weighted by Crippen LogP contribution is -2.57. The van der Waals surface area contributed by atoms with E-state index in [-0.39, 0.29) is 12.5 Å². The van der Waals surface area contributed by atoms with Crippen molar-refractivity contribution in [1.82, 2.24) is 19.8 Å². The molecule has 2 saturated heterocycles. The van der Waals surface area contributed by atoms with Crippen LogP contribution in [0.15, 0.2) is 36.4 Å². The van der Waals surface area contributed by atoms with E-state index in [1.165, 1.54) is 28.2 Å². The molecule has 3 aliphatic heterocycles. The van der Waals surface area contributed by atoms with Crippen LogP contribution < -0.4 is 9.64 Å². The van der Waals surface area contributed by atoms with Crippen molar-refractivity contribution in [2.75, 3.05) is 44.7 Å². The monoisotopic (exact) mass is 586 g/mol. The Kier molecular flexibility index (Phi) is 8.46. The summed E-state index contributed by atoms with van der Waals surface area (Å²) in [6, 6.07) is 15.0. The molecule has 43 heavy (non-hydrogen) atoms. The predicted molar refractivity (Wildman–Crippen MR) is 162 cm³/mol. The molecule has 10 heteroatoms. The number of halogens is 1. The van der Waals surface area contributed by atoms with Gasteiger partial charge in [0.2, 0.25) is 0 Å². The minimum Gasteiger partial charge on any atom is -0.462 e. The summed E-state index contributed by atoms with van der Waals surface area (Å²) in [5, 5.41) is 11.9. The fourth-order valence-corrected chi connectivity index (χ4v) is 6.79. The molecule has 0 radical (unpaired) electrons. The molecule has 2 aromatic carbocycles. The first-order valence-corrected chi connectivity index (χ1v) is 15.2. The van der Waals surface area contributed by atoms with Gasteiger partial charge < -0.3 is 24.2 Å². The molecule has 4 atom stereocenters. The SMILES string of the molecule is Cc1cccc2cccc([C@@H]3Cc4nc(OC[C@@H]5CCCN5C)nc(N5CCN(C(=O)C(C)F)[C@@H](CC#N)C5)c4CO3)c12. The molecule has 9 nitrogen and oxygen atoms in total. The summed E-state index contributed by atoms with van der Waals surface area (Å²) in [5.74, 6) is 0.126. The number of ether oxygens (including phenoxy) is 2. The van der Waals surface area contributed by atoms with Crippen LogP contribution in [-0.4, -0.2) is 83.8 Å². The molecule has 0 bridgehead atoms. The first kappa shape index (κ1) is 29.3. The van der Waals surface area contributed by atoms with Gasteiger partial charge in [-0.3, -0.25) is 4.79 Å². The average molecular weight is 587 g/mol. The third-order valence-electron chi connectivity index (χ3n) is 9.16. The van der Waals surface area contributed by atoms with Crippen LogP contribution in [0.4, 0.5) is 10.2 Å². The Morgan fingerprint density at radius 1 is 1.19 bits per heavy atom. The van der Waals surface area contributed by atoms with E-state index in [0.29, 0.717) is 57.1 Å². The van der Waals surface area contributed by atoms with Gasteiger partial charge in [-0.15, -0.1) is 0 Å². The van der Waals surface area contributed by atoms with Gasteiger partial charge in [-0.05, 0) is 62.2 Å². The number of aromatic nitrogens is 2. The van der Waals surface area contributed by atoms with Gasteiger partial charge in [0.15, 0.2) is 6.17 Å². The van der Waals surface area contributed by atoms with E-state index in [0.717, 1.165) is 36.2 Å². The molecule has 1 amide bonds. The number of nitrogens with zero attached hydrogens (tertiary/aromatic N) is 6. The average Bonchev–Trinajstić information content (AvgIpc) is 3.43. The summed E-state index contributed by atoms with van der Waals surface area (Å²) < 4.78 is 26.8. The summed E-state index contributed by atoms with van der Waals surface area (Å²) in [5.41, 5.74) is 4.12. The standard InChI is InChI=1S/C33H39FN6O3/c1-21-7-4-8-23-9-5-11-26(30(21)23)29-17-28-27(20-42-29)31(37-33(36-28)43-19-25-10-6-14-38(25)3)39-15-16-40(32(41)22(2)34)24(18-39)12-13-35/h4-5,7-9,11,22,24-25,29H,6,10,12,14-20H2,1-3H3/t22?,24-,25-,29-/m0/s1. The maximum atomic E-state index is 14.0. The highest BCUT2D eigenvalue weighted by molar-refractivity contribution is 5.89. The zero-order valence-electron chi connectivity index (χ0n) is 25.1. The number of hydrogen-bond acceptors (Lipinski definition) is 8. The van der Waals surface area contributed by atoms with E-state index < -0.39 is 18.1 Å². The Bertz CT molecular complexity index is 1540. The topological polar surface area (TPSA) is 94.8 Å². The Balaban J connectivity index is 1.33. The number of aryl methyl sites for hydroxylation is 1. The number of benzene rings is 2. The van der Waals surface area contributed by atoms with Crippen LogP contribution in [0.3, 0.4) is 0 Å². The number of alkyl halides is 1. The molecule has 2 fully saturated rings. The van der Waals surface area contributed by atoms with E-state index in [9.17, 15) is 14.4 Å². The molecule has 0 N–H and O–H groups in total. The van der Waals surface area contributed by atoms with Crippen LogP contribution in [0.1, 0.15) is 54.7 Å². The van der Waals surface area contributed by atoms with Crippen LogP contribution in [0.2, 0.25) is 0 Å². The molecule has 3 aromatic rings. The Morgan fingerprint density at radius 3 is 2.74 bits per heavy atom. The molecular formula is C33H39FN6O3. The highest BCUT2D eigenvalue weighted by Gasteiger charge is 2.36. The van der Waals surface area contributed by atoms with E-state index in [2.05, 4.69) is 66.2 Å². The number of carbonyl (C=O) groups excluding carboxylic acids is 1. The number of likely N-dealkylation sites (tertiary alicyclic amines) is 1. The summed E-state index contributed by atoms with van der Waals surface area (Å²) in [6.07, 6.45) is 1.10. The molecule has 6 rings (SSSR count). The van der Waals surface area contributed by atoms with Gasteiger partial charge in [0, 0.05) is 37.7 Å². The van der Waals surface area contributed by atoms with Gasteiger partial charge in [-0.2, -0.15) is 15.2 Å². The molecule has 0 saturated carbocycles. The molecule has 0 aliphatic carbocycles. The molecular weight excluding hydrogens is 547 g/mol. The molecule has 1 unspecified atom stereocenters. The Morgan fingerprint density at radius 2 is 2.00 bits per heavy atom. The van der Waals surface area contributed by atoms with Crippen molar-refractivity contribution in [3.63, 3.8) is 0 Å². The molecule has 0 spiro atoms. The maximum Gasteiger partial charge on any atom is 0.318 e. The Hall–Kier alpha value is -3.81. The first-order chi connectivity index (χ1) is 20.8.